The van der Waals surface area contributed by atoms with Crippen molar-refractivity contribution in [3.8, 4) is 11.3 Å². The minimum atomic E-state index is -0.663. The number of carbonyl (C=O) groups is 3. The van der Waals surface area contributed by atoms with Crippen LogP contribution < -0.4 is 5.32 Å². The lowest BCUT2D eigenvalue weighted by Crippen LogP contribution is -2.20. The number of carbonyl (C=O) groups excluding carboxylic acids is 3. The Morgan fingerprint density at radius 2 is 1.70 bits per heavy atom. The Morgan fingerprint density at radius 3 is 2.33 bits per heavy atom. The number of furan rings is 1. The van der Waals surface area contributed by atoms with Crippen LogP contribution in [0.5, 0.6) is 0 Å². The fourth-order valence-electron chi connectivity index (χ4n) is 2.29. The molecule has 3 aromatic rings. The van der Waals surface area contributed by atoms with E-state index in [0.29, 0.717) is 23.3 Å². The molecular formula is C20H14FNO5. The van der Waals surface area contributed by atoms with Crippen molar-refractivity contribution in [2.24, 2.45) is 0 Å². The van der Waals surface area contributed by atoms with Crippen molar-refractivity contribution in [2.45, 2.75) is 0 Å². The van der Waals surface area contributed by atoms with Crippen LogP contribution in [0.3, 0.4) is 0 Å². The Hall–Kier alpha value is -3.74. The molecule has 6 nitrogen and oxygen atoms in total. The number of ether oxygens (including phenoxy) is 1. The normalized spacial score (nSPS) is 10.3. The number of anilines is 1. The highest BCUT2D eigenvalue weighted by molar-refractivity contribution is 5.95. The van der Waals surface area contributed by atoms with Gasteiger partial charge < -0.3 is 14.5 Å². The predicted octanol–water partition coefficient (Wildman–Crippen LogP) is 3.69. The molecule has 0 spiro atoms. The molecule has 1 N–H and O–H groups in total. The van der Waals surface area contributed by atoms with E-state index in [2.05, 4.69) is 5.32 Å². The van der Waals surface area contributed by atoms with Crippen LogP contribution in [0.2, 0.25) is 0 Å². The first-order valence-electron chi connectivity index (χ1n) is 7.93. The summed E-state index contributed by atoms with van der Waals surface area (Å²) < 4.78 is 23.1. The van der Waals surface area contributed by atoms with Crippen molar-refractivity contribution in [2.75, 3.05) is 11.9 Å². The first-order chi connectivity index (χ1) is 13.0. The number of hydrogen-bond donors (Lipinski definition) is 1. The molecule has 0 saturated heterocycles. The van der Waals surface area contributed by atoms with Crippen LogP contribution in [0.1, 0.15) is 20.9 Å². The maximum Gasteiger partial charge on any atom is 0.338 e. The van der Waals surface area contributed by atoms with Crippen molar-refractivity contribution in [1.29, 1.82) is 0 Å². The summed E-state index contributed by atoms with van der Waals surface area (Å²) in [5.41, 5.74) is 1.35. The maximum atomic E-state index is 12.8. The van der Waals surface area contributed by atoms with Gasteiger partial charge in [0.25, 0.3) is 5.91 Å². The minimum Gasteiger partial charge on any atom is -0.453 e. The summed E-state index contributed by atoms with van der Waals surface area (Å²) in [6.07, 6.45) is 0.603. The van der Waals surface area contributed by atoms with Crippen molar-refractivity contribution in [3.05, 3.63) is 77.8 Å². The average molecular weight is 367 g/mol. The van der Waals surface area contributed by atoms with Gasteiger partial charge in [-0.25, -0.2) is 9.18 Å². The number of nitrogens with one attached hydrogen (secondary N) is 1. The Balaban J connectivity index is 1.55. The van der Waals surface area contributed by atoms with Crippen molar-refractivity contribution >= 4 is 23.9 Å². The highest BCUT2D eigenvalue weighted by Gasteiger charge is 2.12. The van der Waals surface area contributed by atoms with E-state index in [1.807, 2.05) is 0 Å². The van der Waals surface area contributed by atoms with Gasteiger partial charge in [-0.1, -0.05) is 12.1 Å². The molecule has 0 unspecified atom stereocenters. The molecule has 1 heterocycles. The van der Waals surface area contributed by atoms with E-state index in [-0.39, 0.29) is 11.3 Å². The third kappa shape index (κ3) is 4.66. The first kappa shape index (κ1) is 18.1. The molecule has 3 rings (SSSR count). The molecule has 1 aromatic heterocycles. The summed E-state index contributed by atoms with van der Waals surface area (Å²) >= 11 is 0. The summed E-state index contributed by atoms with van der Waals surface area (Å²) in [6.45, 7) is -0.473. The van der Waals surface area contributed by atoms with Gasteiger partial charge in [-0.05, 0) is 48.5 Å². The molecule has 0 aliphatic carbocycles. The number of benzene rings is 2. The second-order valence-corrected chi connectivity index (χ2v) is 5.53. The van der Waals surface area contributed by atoms with Crippen LogP contribution in [-0.2, 0) is 9.53 Å². The van der Waals surface area contributed by atoms with E-state index in [1.54, 1.807) is 24.3 Å². The highest BCUT2D eigenvalue weighted by atomic mass is 19.1. The largest absolute Gasteiger partial charge is 0.453 e. The number of halogens is 1. The quantitative estimate of drug-likeness (QED) is 0.530. The number of hydrogen-bond acceptors (Lipinski definition) is 5. The Bertz CT molecular complexity index is 961. The SMILES string of the molecule is O=Cc1ccc(-c2ccc(C(=O)OCC(=O)Nc3ccc(F)cc3)cc2)o1. The molecule has 136 valence electrons. The van der Waals surface area contributed by atoms with Crippen molar-refractivity contribution in [3.63, 3.8) is 0 Å². The lowest BCUT2D eigenvalue weighted by molar-refractivity contribution is -0.119. The van der Waals surface area contributed by atoms with Gasteiger partial charge in [0.2, 0.25) is 0 Å². The number of amides is 1. The molecule has 0 fully saturated rings. The molecule has 7 heteroatoms. The summed E-state index contributed by atoms with van der Waals surface area (Å²) in [5, 5.41) is 2.49. The van der Waals surface area contributed by atoms with E-state index >= 15 is 0 Å². The fraction of sp³-hybridized carbons (Fsp3) is 0.0500. The molecule has 0 radical (unpaired) electrons. The van der Waals surface area contributed by atoms with Gasteiger partial charge in [-0.2, -0.15) is 0 Å². The van der Waals surface area contributed by atoms with Gasteiger partial charge in [0.1, 0.15) is 11.6 Å². The van der Waals surface area contributed by atoms with Crippen LogP contribution in [0.25, 0.3) is 11.3 Å². The first-order valence-corrected chi connectivity index (χ1v) is 7.93. The topological polar surface area (TPSA) is 85.6 Å². The smallest absolute Gasteiger partial charge is 0.338 e. The zero-order valence-electron chi connectivity index (χ0n) is 14.0. The summed E-state index contributed by atoms with van der Waals surface area (Å²) in [5.74, 6) is -0.913. The second kappa shape index (κ2) is 8.09. The van der Waals surface area contributed by atoms with Gasteiger partial charge >= 0.3 is 5.97 Å². The standard InChI is InChI=1S/C20H14FNO5/c21-15-5-7-16(8-6-15)22-19(24)12-26-20(25)14-3-1-13(2-4-14)18-10-9-17(11-23)27-18/h1-11H,12H2,(H,22,24). The van der Waals surface area contributed by atoms with E-state index in [1.165, 1.54) is 36.4 Å². The molecule has 0 bridgehead atoms. The monoisotopic (exact) mass is 367 g/mol. The molecule has 1 amide bonds. The second-order valence-electron chi connectivity index (χ2n) is 5.53. The zero-order valence-corrected chi connectivity index (χ0v) is 14.0. The fourth-order valence-corrected chi connectivity index (χ4v) is 2.29. The van der Waals surface area contributed by atoms with E-state index in [4.69, 9.17) is 9.15 Å². The predicted molar refractivity (Wildman–Crippen MR) is 94.8 cm³/mol. The number of rotatable bonds is 6. The number of aldehydes is 1. The summed E-state index contributed by atoms with van der Waals surface area (Å²) in [6, 6.07) is 14.8. The maximum absolute atomic E-state index is 12.8. The number of esters is 1. The van der Waals surface area contributed by atoms with Gasteiger partial charge in [0.05, 0.1) is 5.56 Å². The molecular weight excluding hydrogens is 353 g/mol. The van der Waals surface area contributed by atoms with Crippen LogP contribution in [0, 0.1) is 5.82 Å². The van der Waals surface area contributed by atoms with E-state index in [0.717, 1.165) is 0 Å². The Morgan fingerprint density at radius 1 is 1.00 bits per heavy atom. The van der Waals surface area contributed by atoms with E-state index < -0.39 is 24.3 Å². The van der Waals surface area contributed by atoms with Crippen molar-refractivity contribution < 1.29 is 27.9 Å². The van der Waals surface area contributed by atoms with Gasteiger partial charge in [0.15, 0.2) is 18.7 Å². The lowest BCUT2D eigenvalue weighted by Gasteiger charge is -2.07. The molecule has 2 aromatic carbocycles. The Labute approximate surface area is 153 Å². The van der Waals surface area contributed by atoms with E-state index in [9.17, 15) is 18.8 Å². The van der Waals surface area contributed by atoms with Crippen LogP contribution in [0.4, 0.5) is 10.1 Å². The molecule has 0 aliphatic rings. The summed E-state index contributed by atoms with van der Waals surface area (Å²) in [4.78, 5) is 34.5. The van der Waals surface area contributed by atoms with Crippen LogP contribution >= 0.6 is 0 Å². The van der Waals surface area contributed by atoms with Gasteiger partial charge in [0, 0.05) is 11.3 Å². The third-order valence-corrected chi connectivity index (χ3v) is 3.61. The average Bonchev–Trinajstić information content (AvgIpc) is 3.17. The zero-order chi connectivity index (χ0) is 19.2. The molecule has 0 aliphatic heterocycles. The summed E-state index contributed by atoms with van der Waals surface area (Å²) in [7, 11) is 0. The molecule has 27 heavy (non-hydrogen) atoms. The minimum absolute atomic E-state index is 0.209. The molecule has 0 atom stereocenters. The lowest BCUT2D eigenvalue weighted by atomic mass is 10.1. The Kier molecular flexibility index (Phi) is 5.41. The molecule has 0 saturated carbocycles. The third-order valence-electron chi connectivity index (χ3n) is 3.61. The van der Waals surface area contributed by atoms with Gasteiger partial charge in [-0.15, -0.1) is 0 Å². The van der Waals surface area contributed by atoms with Crippen molar-refractivity contribution in [1.82, 2.24) is 0 Å². The van der Waals surface area contributed by atoms with Crippen LogP contribution in [-0.4, -0.2) is 24.8 Å². The van der Waals surface area contributed by atoms with Gasteiger partial charge in [-0.3, -0.25) is 9.59 Å². The highest BCUT2D eigenvalue weighted by Crippen LogP contribution is 2.22. The van der Waals surface area contributed by atoms with Crippen LogP contribution in [0.15, 0.2) is 65.1 Å².